The monoisotopic (exact) mass is 462 g/mol. The van der Waals surface area contributed by atoms with E-state index in [1.165, 1.54) is 25.6 Å². The van der Waals surface area contributed by atoms with E-state index in [9.17, 15) is 4.79 Å². The minimum absolute atomic E-state index is 0.292. The molecule has 1 heterocycles. The first kappa shape index (κ1) is 20.2. The van der Waals surface area contributed by atoms with Crippen molar-refractivity contribution in [1.82, 2.24) is 4.98 Å². The normalized spacial score (nSPS) is 10.5. The molecule has 0 aliphatic carbocycles. The zero-order valence-corrected chi connectivity index (χ0v) is 18.2. The second kappa shape index (κ2) is 8.62. The fraction of sp³-hybridized carbons (Fsp3) is 0.200. The van der Waals surface area contributed by atoms with Gasteiger partial charge in [0, 0.05) is 16.0 Å². The third-order valence-corrected chi connectivity index (χ3v) is 5.76. The summed E-state index contributed by atoms with van der Waals surface area (Å²) in [6, 6.07) is 10.9. The number of benzene rings is 2. The summed E-state index contributed by atoms with van der Waals surface area (Å²) in [5, 5.41) is 3.37. The number of nitrogens with zero attached hydrogens (tertiary/aromatic N) is 1. The number of nitrogens with one attached hydrogen (secondary N) is 1. The molecule has 0 radical (unpaired) electrons. The summed E-state index contributed by atoms with van der Waals surface area (Å²) in [6.45, 7) is 1.97. The first-order valence-corrected chi connectivity index (χ1v) is 9.92. The number of carbonyl (C=O) groups is 1. The minimum atomic E-state index is -0.292. The van der Waals surface area contributed by atoms with Crippen LogP contribution in [-0.4, -0.2) is 32.2 Å². The molecule has 0 aliphatic heterocycles. The predicted molar refractivity (Wildman–Crippen MR) is 114 cm³/mol. The van der Waals surface area contributed by atoms with Gasteiger partial charge >= 0.3 is 0 Å². The van der Waals surface area contributed by atoms with Gasteiger partial charge in [0.25, 0.3) is 5.91 Å². The highest BCUT2D eigenvalue weighted by Gasteiger charge is 2.17. The van der Waals surface area contributed by atoms with Crippen molar-refractivity contribution < 1.29 is 19.0 Å². The largest absolute Gasteiger partial charge is 0.497 e. The van der Waals surface area contributed by atoms with Gasteiger partial charge < -0.3 is 14.2 Å². The Morgan fingerprint density at radius 2 is 1.64 bits per heavy atom. The molecule has 2 aromatic carbocycles. The second-order valence-corrected chi connectivity index (χ2v) is 7.80. The Balaban J connectivity index is 1.85. The van der Waals surface area contributed by atoms with E-state index >= 15 is 0 Å². The summed E-state index contributed by atoms with van der Waals surface area (Å²) in [6.07, 6.45) is 0. The molecule has 8 heteroatoms. The van der Waals surface area contributed by atoms with Crippen molar-refractivity contribution >= 4 is 38.3 Å². The lowest BCUT2D eigenvalue weighted by Gasteiger charge is -2.11. The topological polar surface area (TPSA) is 69.7 Å². The lowest BCUT2D eigenvalue weighted by Crippen LogP contribution is -2.12. The van der Waals surface area contributed by atoms with Crippen LogP contribution in [0.2, 0.25) is 0 Å². The maximum Gasteiger partial charge on any atom is 0.257 e. The summed E-state index contributed by atoms with van der Waals surface area (Å²) in [7, 11) is 4.70. The van der Waals surface area contributed by atoms with Crippen molar-refractivity contribution in [2.75, 3.05) is 26.6 Å². The minimum Gasteiger partial charge on any atom is -0.497 e. The van der Waals surface area contributed by atoms with Crippen molar-refractivity contribution in [3.8, 4) is 28.5 Å². The Bertz CT molecular complexity index is 977. The van der Waals surface area contributed by atoms with E-state index in [-0.39, 0.29) is 5.91 Å². The molecule has 0 aliphatic rings. The van der Waals surface area contributed by atoms with Crippen LogP contribution in [0.15, 0.2) is 40.9 Å². The molecular formula is C20H19BrN2O4S. The number of rotatable bonds is 6. The van der Waals surface area contributed by atoms with Crippen molar-refractivity contribution in [2.24, 2.45) is 0 Å². The quantitative estimate of drug-likeness (QED) is 0.547. The number of ether oxygens (including phenoxy) is 3. The Labute approximate surface area is 175 Å². The highest BCUT2D eigenvalue weighted by Crippen LogP contribution is 2.36. The van der Waals surface area contributed by atoms with Gasteiger partial charge in [-0.3, -0.25) is 10.1 Å². The van der Waals surface area contributed by atoms with Crippen molar-refractivity contribution in [3.05, 3.63) is 51.3 Å². The van der Waals surface area contributed by atoms with E-state index in [0.717, 1.165) is 21.9 Å². The molecule has 0 fully saturated rings. The molecule has 1 N–H and O–H groups in total. The standard InChI is InChI=1S/C20H19BrN2O4S/c1-11-18(12-5-7-14(25-2)8-6-12)22-20(28-11)23-19(24)13-9-15(26-3)17(21)16(10-13)27-4/h5-10H,1-4H3,(H,22,23,24). The number of amides is 1. The first-order valence-electron chi connectivity index (χ1n) is 8.31. The molecule has 0 atom stereocenters. The molecule has 28 heavy (non-hydrogen) atoms. The Morgan fingerprint density at radius 3 is 2.18 bits per heavy atom. The Morgan fingerprint density at radius 1 is 1.04 bits per heavy atom. The number of halogens is 1. The molecule has 0 bridgehead atoms. The molecule has 0 saturated heterocycles. The molecule has 146 valence electrons. The van der Waals surface area contributed by atoms with Crippen LogP contribution in [0.25, 0.3) is 11.3 Å². The zero-order valence-electron chi connectivity index (χ0n) is 15.8. The molecule has 1 aromatic heterocycles. The van der Waals surface area contributed by atoms with Crippen LogP contribution in [0.1, 0.15) is 15.2 Å². The van der Waals surface area contributed by atoms with Gasteiger partial charge in [0.05, 0.1) is 27.0 Å². The average molecular weight is 463 g/mol. The van der Waals surface area contributed by atoms with E-state index < -0.39 is 0 Å². The molecular weight excluding hydrogens is 444 g/mol. The average Bonchev–Trinajstić information content (AvgIpc) is 3.08. The van der Waals surface area contributed by atoms with Gasteiger partial charge in [0.15, 0.2) is 5.13 Å². The van der Waals surface area contributed by atoms with Crippen molar-refractivity contribution in [3.63, 3.8) is 0 Å². The summed E-state index contributed by atoms with van der Waals surface area (Å²) in [5.41, 5.74) is 2.20. The highest BCUT2D eigenvalue weighted by atomic mass is 79.9. The van der Waals surface area contributed by atoms with Gasteiger partial charge in [-0.1, -0.05) is 0 Å². The highest BCUT2D eigenvalue weighted by molar-refractivity contribution is 9.10. The van der Waals surface area contributed by atoms with Gasteiger partial charge in [-0.2, -0.15) is 0 Å². The van der Waals surface area contributed by atoms with Gasteiger partial charge in [0.2, 0.25) is 0 Å². The number of carbonyl (C=O) groups excluding carboxylic acids is 1. The summed E-state index contributed by atoms with van der Waals surface area (Å²) < 4.78 is 16.4. The fourth-order valence-electron chi connectivity index (χ4n) is 2.64. The number of hydrogen-bond acceptors (Lipinski definition) is 6. The Kier molecular flexibility index (Phi) is 6.21. The fourth-order valence-corrected chi connectivity index (χ4v) is 4.02. The molecule has 3 rings (SSSR count). The van der Waals surface area contributed by atoms with E-state index in [4.69, 9.17) is 14.2 Å². The van der Waals surface area contributed by atoms with Crippen LogP contribution in [0.3, 0.4) is 0 Å². The lowest BCUT2D eigenvalue weighted by atomic mass is 10.1. The number of aryl methyl sites for hydroxylation is 1. The van der Waals surface area contributed by atoms with Gasteiger partial charge in [-0.15, -0.1) is 11.3 Å². The lowest BCUT2D eigenvalue weighted by molar-refractivity contribution is 0.102. The van der Waals surface area contributed by atoms with Crippen LogP contribution >= 0.6 is 27.3 Å². The zero-order chi connectivity index (χ0) is 20.3. The SMILES string of the molecule is COc1ccc(-c2nc(NC(=O)c3cc(OC)c(Br)c(OC)c3)sc2C)cc1. The molecule has 3 aromatic rings. The first-order chi connectivity index (χ1) is 13.5. The number of thiazole rings is 1. The number of hydrogen-bond donors (Lipinski definition) is 1. The summed E-state index contributed by atoms with van der Waals surface area (Å²) in [4.78, 5) is 18.3. The molecule has 0 spiro atoms. The maximum atomic E-state index is 12.7. The van der Waals surface area contributed by atoms with Gasteiger partial charge in [0.1, 0.15) is 21.7 Å². The number of aromatic nitrogens is 1. The van der Waals surface area contributed by atoms with Crippen LogP contribution in [-0.2, 0) is 0 Å². The predicted octanol–water partition coefficient (Wildman–Crippen LogP) is 5.16. The molecule has 1 amide bonds. The van der Waals surface area contributed by atoms with Crippen LogP contribution in [0.4, 0.5) is 5.13 Å². The maximum absolute atomic E-state index is 12.7. The van der Waals surface area contributed by atoms with Gasteiger partial charge in [-0.05, 0) is 59.3 Å². The van der Waals surface area contributed by atoms with E-state index in [1.54, 1.807) is 19.2 Å². The van der Waals surface area contributed by atoms with Crippen LogP contribution in [0.5, 0.6) is 17.2 Å². The Hall–Kier alpha value is -2.58. The van der Waals surface area contributed by atoms with Gasteiger partial charge in [-0.25, -0.2) is 4.98 Å². The molecule has 0 saturated carbocycles. The number of methoxy groups -OCH3 is 3. The molecule has 0 unspecified atom stereocenters. The summed E-state index contributed by atoms with van der Waals surface area (Å²) >= 11 is 4.82. The van der Waals surface area contributed by atoms with Crippen LogP contribution < -0.4 is 19.5 Å². The summed E-state index contributed by atoms with van der Waals surface area (Å²) in [5.74, 6) is 1.51. The van der Waals surface area contributed by atoms with Crippen molar-refractivity contribution in [2.45, 2.75) is 6.92 Å². The van der Waals surface area contributed by atoms with Crippen molar-refractivity contribution in [1.29, 1.82) is 0 Å². The third kappa shape index (κ3) is 4.13. The van der Waals surface area contributed by atoms with E-state index in [0.29, 0.717) is 26.7 Å². The molecule has 6 nitrogen and oxygen atoms in total. The van der Waals surface area contributed by atoms with E-state index in [1.807, 2.05) is 31.2 Å². The second-order valence-electron chi connectivity index (χ2n) is 5.80. The van der Waals surface area contributed by atoms with E-state index in [2.05, 4.69) is 26.2 Å². The third-order valence-electron chi connectivity index (χ3n) is 4.09. The van der Waals surface area contributed by atoms with Crippen LogP contribution in [0, 0.1) is 6.92 Å². The number of anilines is 1. The smallest absolute Gasteiger partial charge is 0.257 e.